The summed E-state index contributed by atoms with van der Waals surface area (Å²) in [6, 6.07) is 8.16. The highest BCUT2D eigenvalue weighted by atomic mass is 16.5. The second kappa shape index (κ2) is 7.64. The quantitative estimate of drug-likeness (QED) is 0.918. The van der Waals surface area contributed by atoms with Crippen LogP contribution in [0.4, 0.5) is 0 Å². The van der Waals surface area contributed by atoms with Gasteiger partial charge < -0.3 is 15.4 Å². The summed E-state index contributed by atoms with van der Waals surface area (Å²) in [5.41, 5.74) is 7.98. The van der Waals surface area contributed by atoms with E-state index in [4.69, 9.17) is 10.5 Å². The van der Waals surface area contributed by atoms with Crippen LogP contribution in [0.3, 0.4) is 0 Å². The number of benzene rings is 1. The van der Waals surface area contributed by atoms with E-state index in [1.165, 1.54) is 5.56 Å². The highest BCUT2D eigenvalue weighted by Crippen LogP contribution is 2.17. The van der Waals surface area contributed by atoms with E-state index in [2.05, 4.69) is 30.9 Å². The third kappa shape index (κ3) is 4.35. The maximum atomic E-state index is 12.6. The number of hydrogen-bond donors (Lipinski definition) is 1. The lowest BCUT2D eigenvalue weighted by atomic mass is 10.0. The van der Waals surface area contributed by atoms with Gasteiger partial charge in [-0.2, -0.15) is 0 Å². The number of hydrogen-bond acceptors (Lipinski definition) is 4. The molecule has 24 heavy (non-hydrogen) atoms. The third-order valence-corrected chi connectivity index (χ3v) is 4.85. The summed E-state index contributed by atoms with van der Waals surface area (Å²) < 4.78 is 5.78. The Balaban J connectivity index is 1.59. The number of carbonyl (C=O) groups is 1. The van der Waals surface area contributed by atoms with Crippen molar-refractivity contribution in [2.45, 2.75) is 51.5 Å². The molecule has 0 unspecified atom stereocenters. The van der Waals surface area contributed by atoms with Crippen molar-refractivity contribution in [1.29, 1.82) is 0 Å². The normalized spacial score (nSPS) is 28.8. The van der Waals surface area contributed by atoms with E-state index in [0.29, 0.717) is 6.54 Å². The smallest absolute Gasteiger partial charge is 0.253 e. The molecule has 132 valence electrons. The van der Waals surface area contributed by atoms with Crippen molar-refractivity contribution in [2.75, 3.05) is 26.2 Å². The summed E-state index contributed by atoms with van der Waals surface area (Å²) in [5.74, 6) is 0.102. The number of nitrogens with two attached hydrogens (primary N) is 1. The molecule has 0 bridgehead atoms. The Morgan fingerprint density at radius 3 is 2.46 bits per heavy atom. The molecule has 0 radical (unpaired) electrons. The lowest BCUT2D eigenvalue weighted by Crippen LogP contribution is -2.45. The fourth-order valence-corrected chi connectivity index (χ4v) is 3.80. The average molecular weight is 331 g/mol. The Morgan fingerprint density at radius 2 is 1.83 bits per heavy atom. The Bertz CT molecular complexity index is 550. The van der Waals surface area contributed by atoms with Crippen molar-refractivity contribution in [1.82, 2.24) is 9.80 Å². The Labute approximate surface area is 144 Å². The molecule has 5 heteroatoms. The molecule has 0 aliphatic carbocycles. The molecule has 5 nitrogen and oxygen atoms in total. The first kappa shape index (κ1) is 17.4. The van der Waals surface area contributed by atoms with Crippen LogP contribution >= 0.6 is 0 Å². The fourth-order valence-electron chi connectivity index (χ4n) is 3.80. The molecule has 1 aromatic rings. The molecule has 3 atom stereocenters. The number of piperidine rings is 1. The lowest BCUT2D eigenvalue weighted by Gasteiger charge is -2.35. The summed E-state index contributed by atoms with van der Waals surface area (Å²) >= 11 is 0. The topological polar surface area (TPSA) is 58.8 Å². The van der Waals surface area contributed by atoms with Crippen LogP contribution in [0.1, 0.15) is 42.6 Å². The highest BCUT2D eigenvalue weighted by molar-refractivity contribution is 5.94. The second-order valence-electron chi connectivity index (χ2n) is 7.30. The average Bonchev–Trinajstić information content (AvgIpc) is 2.54. The Morgan fingerprint density at radius 1 is 1.17 bits per heavy atom. The van der Waals surface area contributed by atoms with Gasteiger partial charge in [-0.05, 0) is 44.4 Å². The molecule has 0 spiro atoms. The van der Waals surface area contributed by atoms with Crippen LogP contribution in [-0.4, -0.2) is 60.1 Å². The largest absolute Gasteiger partial charge is 0.373 e. The molecule has 0 saturated carbocycles. The van der Waals surface area contributed by atoms with Crippen molar-refractivity contribution in [3.63, 3.8) is 0 Å². The number of rotatable bonds is 3. The van der Waals surface area contributed by atoms with Crippen LogP contribution in [0.2, 0.25) is 0 Å². The number of carbonyl (C=O) groups excluding carboxylic acids is 1. The van der Waals surface area contributed by atoms with Gasteiger partial charge in [0.05, 0.1) is 12.2 Å². The molecule has 2 N–H and O–H groups in total. The van der Waals surface area contributed by atoms with E-state index in [1.54, 1.807) is 0 Å². The number of nitrogens with zero attached hydrogens (tertiary/aromatic N) is 2. The van der Waals surface area contributed by atoms with Crippen molar-refractivity contribution in [3.05, 3.63) is 35.4 Å². The molecule has 2 saturated heterocycles. The monoisotopic (exact) mass is 331 g/mol. The zero-order valence-electron chi connectivity index (χ0n) is 14.8. The van der Waals surface area contributed by atoms with E-state index in [-0.39, 0.29) is 24.2 Å². The van der Waals surface area contributed by atoms with Crippen LogP contribution in [0, 0.1) is 0 Å². The van der Waals surface area contributed by atoms with Gasteiger partial charge in [-0.25, -0.2) is 0 Å². The second-order valence-corrected chi connectivity index (χ2v) is 7.30. The first-order valence-corrected chi connectivity index (χ1v) is 9.03. The van der Waals surface area contributed by atoms with Gasteiger partial charge in [-0.1, -0.05) is 12.1 Å². The van der Waals surface area contributed by atoms with Crippen LogP contribution < -0.4 is 5.73 Å². The standard InChI is InChI=1S/C19H29N3O2/c1-14-10-21(11-15(2)24-14)12-16-5-7-17(8-6-16)19(23)22-9-3-4-18(20)13-22/h5-8,14-15,18H,3-4,9-13,20H2,1-2H3/t14-,15-,18+/m1/s1. The predicted octanol–water partition coefficient (Wildman–Crippen LogP) is 1.86. The van der Waals surface area contributed by atoms with E-state index in [9.17, 15) is 4.79 Å². The predicted molar refractivity (Wildman–Crippen MR) is 94.8 cm³/mol. The summed E-state index contributed by atoms with van der Waals surface area (Å²) in [6.07, 6.45) is 2.56. The lowest BCUT2D eigenvalue weighted by molar-refractivity contribution is -0.0704. The van der Waals surface area contributed by atoms with Gasteiger partial charge in [0.25, 0.3) is 5.91 Å². The molecule has 0 aromatic heterocycles. The summed E-state index contributed by atoms with van der Waals surface area (Å²) in [4.78, 5) is 16.9. The molecule has 2 aliphatic heterocycles. The number of morpholine rings is 1. The zero-order chi connectivity index (χ0) is 17.1. The summed E-state index contributed by atoms with van der Waals surface area (Å²) in [7, 11) is 0. The fraction of sp³-hybridized carbons (Fsp3) is 0.632. The van der Waals surface area contributed by atoms with Crippen LogP contribution in [-0.2, 0) is 11.3 Å². The van der Waals surface area contributed by atoms with Crippen molar-refractivity contribution in [2.24, 2.45) is 5.73 Å². The SMILES string of the molecule is C[C@@H]1CN(Cc2ccc(C(=O)N3CCC[C@H](N)C3)cc2)C[C@@H](C)O1. The Hall–Kier alpha value is -1.43. The summed E-state index contributed by atoms with van der Waals surface area (Å²) in [6.45, 7) is 8.54. The molecular formula is C19H29N3O2. The van der Waals surface area contributed by atoms with Crippen LogP contribution in [0.25, 0.3) is 0 Å². The minimum atomic E-state index is 0.102. The number of amides is 1. The molecule has 1 amide bonds. The highest BCUT2D eigenvalue weighted by Gasteiger charge is 2.23. The molecule has 3 rings (SSSR count). The van der Waals surface area contributed by atoms with Gasteiger partial charge in [0.15, 0.2) is 0 Å². The molecular weight excluding hydrogens is 302 g/mol. The van der Waals surface area contributed by atoms with Crippen molar-refractivity contribution >= 4 is 5.91 Å². The van der Waals surface area contributed by atoms with Gasteiger partial charge in [0.2, 0.25) is 0 Å². The maximum Gasteiger partial charge on any atom is 0.253 e. The summed E-state index contributed by atoms with van der Waals surface area (Å²) in [5, 5.41) is 0. The van der Waals surface area contributed by atoms with E-state index in [1.807, 2.05) is 17.0 Å². The van der Waals surface area contributed by atoms with E-state index < -0.39 is 0 Å². The van der Waals surface area contributed by atoms with Gasteiger partial charge >= 0.3 is 0 Å². The number of ether oxygens (including phenoxy) is 1. The maximum absolute atomic E-state index is 12.6. The minimum absolute atomic E-state index is 0.102. The van der Waals surface area contributed by atoms with Crippen LogP contribution in [0.15, 0.2) is 24.3 Å². The van der Waals surface area contributed by atoms with Crippen molar-refractivity contribution in [3.8, 4) is 0 Å². The van der Waals surface area contributed by atoms with Gasteiger partial charge in [0.1, 0.15) is 0 Å². The zero-order valence-corrected chi connectivity index (χ0v) is 14.8. The minimum Gasteiger partial charge on any atom is -0.373 e. The van der Waals surface area contributed by atoms with E-state index >= 15 is 0 Å². The van der Waals surface area contributed by atoms with E-state index in [0.717, 1.165) is 44.6 Å². The third-order valence-electron chi connectivity index (χ3n) is 4.85. The van der Waals surface area contributed by atoms with Gasteiger partial charge in [-0.3, -0.25) is 9.69 Å². The molecule has 1 aromatic carbocycles. The molecule has 2 heterocycles. The van der Waals surface area contributed by atoms with Gasteiger partial charge in [0, 0.05) is 44.3 Å². The first-order valence-electron chi connectivity index (χ1n) is 9.03. The Kier molecular flexibility index (Phi) is 5.54. The number of likely N-dealkylation sites (tertiary alicyclic amines) is 1. The molecule has 2 fully saturated rings. The first-order chi connectivity index (χ1) is 11.5. The van der Waals surface area contributed by atoms with Crippen LogP contribution in [0.5, 0.6) is 0 Å². The van der Waals surface area contributed by atoms with Crippen molar-refractivity contribution < 1.29 is 9.53 Å². The van der Waals surface area contributed by atoms with Gasteiger partial charge in [-0.15, -0.1) is 0 Å². The molecule has 2 aliphatic rings.